The predicted molar refractivity (Wildman–Crippen MR) is 58.4 cm³/mol. The van der Waals surface area contributed by atoms with E-state index in [0.29, 0.717) is 39.3 Å². The molecule has 8 heteroatoms. The molecule has 7 nitrogen and oxygen atoms in total. The third kappa shape index (κ3) is 5.29. The third-order valence-electron chi connectivity index (χ3n) is 2.18. The number of nitrogens with one attached hydrogen (secondary N) is 1. The van der Waals surface area contributed by atoms with Crippen molar-refractivity contribution in [1.82, 2.24) is 10.2 Å². The molecule has 1 rings (SSSR count). The van der Waals surface area contributed by atoms with Crippen molar-refractivity contribution in [2.45, 2.75) is 6.42 Å². The Morgan fingerprint density at radius 1 is 1.38 bits per heavy atom. The molecular formula is C8H17N3O4S. The van der Waals surface area contributed by atoms with E-state index >= 15 is 0 Å². The van der Waals surface area contributed by atoms with Gasteiger partial charge in [-0.25, -0.2) is 18.4 Å². The first kappa shape index (κ1) is 13.2. The van der Waals surface area contributed by atoms with Gasteiger partial charge in [0, 0.05) is 19.6 Å². The van der Waals surface area contributed by atoms with Gasteiger partial charge < -0.3 is 15.0 Å². The number of morpholine rings is 1. The fourth-order valence-electron chi connectivity index (χ4n) is 1.35. The van der Waals surface area contributed by atoms with E-state index < -0.39 is 10.0 Å². The van der Waals surface area contributed by atoms with E-state index in [2.05, 4.69) is 5.32 Å². The zero-order chi connectivity index (χ0) is 12.0. The van der Waals surface area contributed by atoms with Crippen LogP contribution in [0.2, 0.25) is 0 Å². The molecule has 2 amide bonds. The minimum atomic E-state index is -3.43. The van der Waals surface area contributed by atoms with Crippen molar-refractivity contribution in [3.05, 3.63) is 0 Å². The number of hydrogen-bond acceptors (Lipinski definition) is 4. The second-order valence-corrected chi connectivity index (χ2v) is 5.29. The number of nitrogens with zero attached hydrogens (tertiary/aromatic N) is 1. The molecule has 1 fully saturated rings. The molecule has 1 aliphatic rings. The van der Waals surface area contributed by atoms with Crippen molar-refractivity contribution in [3.63, 3.8) is 0 Å². The van der Waals surface area contributed by atoms with Crippen LogP contribution in [0.3, 0.4) is 0 Å². The van der Waals surface area contributed by atoms with Crippen molar-refractivity contribution >= 4 is 16.1 Å². The van der Waals surface area contributed by atoms with Crippen LogP contribution in [0.15, 0.2) is 0 Å². The average molecular weight is 251 g/mol. The van der Waals surface area contributed by atoms with Crippen LogP contribution < -0.4 is 10.5 Å². The highest BCUT2D eigenvalue weighted by molar-refractivity contribution is 7.89. The topological polar surface area (TPSA) is 102 Å². The molecule has 0 aromatic heterocycles. The van der Waals surface area contributed by atoms with Crippen molar-refractivity contribution in [3.8, 4) is 0 Å². The van der Waals surface area contributed by atoms with Crippen LogP contribution in [0, 0.1) is 0 Å². The van der Waals surface area contributed by atoms with Gasteiger partial charge in [-0.05, 0) is 6.42 Å². The molecule has 0 saturated carbocycles. The quantitative estimate of drug-likeness (QED) is 0.607. The first-order chi connectivity index (χ1) is 7.49. The highest BCUT2D eigenvalue weighted by Gasteiger charge is 2.15. The standard InChI is InChI=1S/C8H17N3O4S/c9-16(13,14)7-1-2-10-8(12)11-3-5-15-6-4-11/h1-7H2,(H,10,12)(H2,9,13,14). The van der Waals surface area contributed by atoms with E-state index in [1.54, 1.807) is 4.90 Å². The first-order valence-electron chi connectivity index (χ1n) is 5.10. The monoisotopic (exact) mass is 251 g/mol. The van der Waals surface area contributed by atoms with Crippen LogP contribution in [-0.2, 0) is 14.8 Å². The maximum absolute atomic E-state index is 11.5. The molecule has 1 heterocycles. The van der Waals surface area contributed by atoms with Gasteiger partial charge in [0.05, 0.1) is 19.0 Å². The summed E-state index contributed by atoms with van der Waals surface area (Å²) in [4.78, 5) is 13.1. The Morgan fingerprint density at radius 2 is 2.00 bits per heavy atom. The molecule has 0 unspecified atom stereocenters. The van der Waals surface area contributed by atoms with Gasteiger partial charge in [-0.1, -0.05) is 0 Å². The van der Waals surface area contributed by atoms with Gasteiger partial charge in [0.2, 0.25) is 10.0 Å². The zero-order valence-corrected chi connectivity index (χ0v) is 9.83. The lowest BCUT2D eigenvalue weighted by molar-refractivity contribution is 0.0532. The second-order valence-electron chi connectivity index (χ2n) is 3.55. The lowest BCUT2D eigenvalue weighted by atomic mass is 10.4. The molecule has 0 spiro atoms. The van der Waals surface area contributed by atoms with Gasteiger partial charge in [-0.2, -0.15) is 0 Å². The molecule has 1 aliphatic heterocycles. The molecule has 0 radical (unpaired) electrons. The van der Waals surface area contributed by atoms with Gasteiger partial charge >= 0.3 is 6.03 Å². The highest BCUT2D eigenvalue weighted by atomic mass is 32.2. The fourth-order valence-corrected chi connectivity index (χ4v) is 1.89. The van der Waals surface area contributed by atoms with Crippen LogP contribution >= 0.6 is 0 Å². The summed E-state index contributed by atoms with van der Waals surface area (Å²) in [6.45, 7) is 2.55. The van der Waals surface area contributed by atoms with E-state index in [4.69, 9.17) is 9.88 Å². The lowest BCUT2D eigenvalue weighted by Crippen LogP contribution is -2.46. The van der Waals surface area contributed by atoms with E-state index in [1.165, 1.54) is 0 Å². The molecule has 0 aromatic carbocycles. The van der Waals surface area contributed by atoms with Crippen molar-refractivity contribution in [2.75, 3.05) is 38.6 Å². The summed E-state index contributed by atoms with van der Waals surface area (Å²) in [7, 11) is -3.43. The van der Waals surface area contributed by atoms with Gasteiger partial charge in [0.25, 0.3) is 0 Å². The molecule has 1 saturated heterocycles. The highest BCUT2D eigenvalue weighted by Crippen LogP contribution is 1.96. The lowest BCUT2D eigenvalue weighted by Gasteiger charge is -2.26. The Labute approximate surface area is 95.0 Å². The Kier molecular flexibility index (Phi) is 4.97. The minimum Gasteiger partial charge on any atom is -0.378 e. The normalized spacial score (nSPS) is 17.2. The maximum Gasteiger partial charge on any atom is 0.317 e. The largest absolute Gasteiger partial charge is 0.378 e. The summed E-state index contributed by atoms with van der Waals surface area (Å²) >= 11 is 0. The first-order valence-corrected chi connectivity index (χ1v) is 6.81. The number of primary sulfonamides is 1. The van der Waals surface area contributed by atoms with Crippen LogP contribution in [0.4, 0.5) is 4.79 Å². The summed E-state index contributed by atoms with van der Waals surface area (Å²) in [5.41, 5.74) is 0. The number of sulfonamides is 1. The molecule has 16 heavy (non-hydrogen) atoms. The molecular weight excluding hydrogens is 234 g/mol. The average Bonchev–Trinajstić information content (AvgIpc) is 2.24. The Hall–Kier alpha value is -0.860. The third-order valence-corrected chi connectivity index (χ3v) is 3.04. The summed E-state index contributed by atoms with van der Waals surface area (Å²) in [5.74, 6) is -0.115. The van der Waals surface area contributed by atoms with E-state index in [0.717, 1.165) is 0 Å². The fraction of sp³-hybridized carbons (Fsp3) is 0.875. The van der Waals surface area contributed by atoms with Gasteiger partial charge in [0.15, 0.2) is 0 Å². The van der Waals surface area contributed by atoms with Crippen molar-refractivity contribution < 1.29 is 17.9 Å². The van der Waals surface area contributed by atoms with Crippen LogP contribution in [0.1, 0.15) is 6.42 Å². The Bertz CT molecular complexity index is 324. The van der Waals surface area contributed by atoms with Gasteiger partial charge in [-0.3, -0.25) is 0 Å². The molecule has 0 bridgehead atoms. The summed E-state index contributed by atoms with van der Waals surface area (Å²) in [5, 5.41) is 7.46. The number of nitrogens with two attached hydrogens (primary N) is 1. The minimum absolute atomic E-state index is 0.115. The van der Waals surface area contributed by atoms with Crippen molar-refractivity contribution in [1.29, 1.82) is 0 Å². The Balaban J connectivity index is 2.14. The number of amides is 2. The number of ether oxygens (including phenoxy) is 1. The number of urea groups is 1. The number of carbonyl (C=O) groups excluding carboxylic acids is 1. The van der Waals surface area contributed by atoms with Crippen LogP contribution in [0.25, 0.3) is 0 Å². The van der Waals surface area contributed by atoms with Gasteiger partial charge in [0.1, 0.15) is 0 Å². The SMILES string of the molecule is NS(=O)(=O)CCCNC(=O)N1CCOCC1. The number of rotatable bonds is 4. The van der Waals surface area contributed by atoms with E-state index in [9.17, 15) is 13.2 Å². The maximum atomic E-state index is 11.5. The molecule has 0 atom stereocenters. The summed E-state index contributed by atoms with van der Waals surface area (Å²) in [6, 6.07) is -0.183. The summed E-state index contributed by atoms with van der Waals surface area (Å²) < 4.78 is 26.3. The van der Waals surface area contributed by atoms with E-state index in [1.807, 2.05) is 0 Å². The van der Waals surface area contributed by atoms with Gasteiger partial charge in [-0.15, -0.1) is 0 Å². The van der Waals surface area contributed by atoms with Crippen LogP contribution in [0.5, 0.6) is 0 Å². The second kappa shape index (κ2) is 6.02. The summed E-state index contributed by atoms with van der Waals surface area (Å²) in [6.07, 6.45) is 0.328. The smallest absolute Gasteiger partial charge is 0.317 e. The molecule has 94 valence electrons. The molecule has 3 N–H and O–H groups in total. The van der Waals surface area contributed by atoms with E-state index in [-0.39, 0.29) is 11.8 Å². The number of hydrogen-bond donors (Lipinski definition) is 2. The Morgan fingerprint density at radius 3 is 2.56 bits per heavy atom. The van der Waals surface area contributed by atoms with Crippen LogP contribution in [-0.4, -0.2) is 57.9 Å². The number of carbonyl (C=O) groups is 1. The predicted octanol–water partition coefficient (Wildman–Crippen LogP) is -1.29. The molecule has 0 aliphatic carbocycles. The zero-order valence-electron chi connectivity index (χ0n) is 9.02. The van der Waals surface area contributed by atoms with Crippen molar-refractivity contribution in [2.24, 2.45) is 5.14 Å². The molecule has 0 aromatic rings.